The summed E-state index contributed by atoms with van der Waals surface area (Å²) in [7, 11) is 1.63. The van der Waals surface area contributed by atoms with E-state index in [-0.39, 0.29) is 6.03 Å². The molecule has 9 heteroatoms. The second kappa shape index (κ2) is 13.2. The molecule has 0 aliphatic heterocycles. The molecule has 1 fully saturated rings. The van der Waals surface area contributed by atoms with Gasteiger partial charge in [-0.2, -0.15) is 0 Å². The molecule has 1 aliphatic carbocycles. The van der Waals surface area contributed by atoms with Crippen molar-refractivity contribution < 1.29 is 14.3 Å². The third-order valence-corrected chi connectivity index (χ3v) is 7.51. The molecule has 0 unspecified atom stereocenters. The van der Waals surface area contributed by atoms with E-state index in [2.05, 4.69) is 20.3 Å². The number of nitrogen functional groups attached to an aromatic ring is 1. The molecule has 1 aliphatic rings. The quantitative estimate of drug-likeness (QED) is 0.193. The molecular formula is C31H38N6O3. The van der Waals surface area contributed by atoms with Crippen LogP contribution in [0.3, 0.4) is 0 Å². The van der Waals surface area contributed by atoms with Crippen molar-refractivity contribution >= 4 is 28.6 Å². The van der Waals surface area contributed by atoms with Gasteiger partial charge in [0.25, 0.3) is 0 Å². The molecule has 40 heavy (non-hydrogen) atoms. The summed E-state index contributed by atoms with van der Waals surface area (Å²) in [6.07, 6.45) is 10.9. The number of methoxy groups -OCH3 is 1. The molecule has 4 N–H and O–H groups in total. The molecule has 2 heterocycles. The molecule has 2 amide bonds. The summed E-state index contributed by atoms with van der Waals surface area (Å²) in [6.45, 7) is 1.68. The van der Waals surface area contributed by atoms with Crippen LogP contribution < -0.4 is 25.4 Å². The SMILES string of the molecule is COc1cc(N(CC2CCCC2)C(=O)NCc2ccc3nc[nH]c3c2)ccc1OCCCCc1ccnc(N)c1. The van der Waals surface area contributed by atoms with E-state index < -0.39 is 0 Å². The Hall–Kier alpha value is -4.27. The first-order chi connectivity index (χ1) is 19.6. The molecule has 0 radical (unpaired) electrons. The van der Waals surface area contributed by atoms with Crippen LogP contribution in [0.15, 0.2) is 61.1 Å². The Morgan fingerprint density at radius 3 is 2.75 bits per heavy atom. The van der Waals surface area contributed by atoms with Crippen LogP contribution in [-0.4, -0.2) is 41.2 Å². The number of carbonyl (C=O) groups is 1. The Morgan fingerprint density at radius 1 is 1.05 bits per heavy atom. The van der Waals surface area contributed by atoms with Gasteiger partial charge < -0.3 is 25.5 Å². The number of benzene rings is 2. The lowest BCUT2D eigenvalue weighted by Crippen LogP contribution is -2.42. The lowest BCUT2D eigenvalue weighted by molar-refractivity contribution is 0.244. The van der Waals surface area contributed by atoms with Gasteiger partial charge in [0.05, 0.1) is 31.1 Å². The van der Waals surface area contributed by atoms with Crippen LogP contribution in [0, 0.1) is 5.92 Å². The number of nitrogens with two attached hydrogens (primary N) is 1. The largest absolute Gasteiger partial charge is 0.493 e. The van der Waals surface area contributed by atoms with Gasteiger partial charge in [0.15, 0.2) is 11.5 Å². The van der Waals surface area contributed by atoms with E-state index in [0.29, 0.717) is 42.9 Å². The van der Waals surface area contributed by atoms with Crippen LogP contribution in [0.5, 0.6) is 11.5 Å². The third-order valence-electron chi connectivity index (χ3n) is 7.51. The van der Waals surface area contributed by atoms with Gasteiger partial charge in [0.1, 0.15) is 5.82 Å². The maximum atomic E-state index is 13.5. The number of carbonyl (C=O) groups excluding carboxylic acids is 1. The number of unbranched alkanes of at least 4 members (excludes halogenated alkanes) is 1. The topological polar surface area (TPSA) is 118 Å². The average Bonchev–Trinajstić information content (AvgIpc) is 3.66. The van der Waals surface area contributed by atoms with Crippen molar-refractivity contribution in [1.82, 2.24) is 20.3 Å². The molecule has 0 spiro atoms. The number of ether oxygens (including phenoxy) is 2. The molecule has 210 valence electrons. The monoisotopic (exact) mass is 542 g/mol. The number of H-pyrrole nitrogens is 1. The maximum Gasteiger partial charge on any atom is 0.322 e. The molecular weight excluding hydrogens is 504 g/mol. The van der Waals surface area contributed by atoms with Crippen molar-refractivity contribution in [2.24, 2.45) is 5.92 Å². The van der Waals surface area contributed by atoms with E-state index in [4.69, 9.17) is 15.2 Å². The lowest BCUT2D eigenvalue weighted by Gasteiger charge is -2.27. The van der Waals surface area contributed by atoms with Crippen LogP contribution in [0.4, 0.5) is 16.3 Å². The van der Waals surface area contributed by atoms with E-state index >= 15 is 0 Å². The van der Waals surface area contributed by atoms with E-state index in [1.54, 1.807) is 19.6 Å². The van der Waals surface area contributed by atoms with Gasteiger partial charge in [0, 0.05) is 31.0 Å². The van der Waals surface area contributed by atoms with Gasteiger partial charge in [-0.15, -0.1) is 0 Å². The van der Waals surface area contributed by atoms with E-state index in [1.807, 2.05) is 53.4 Å². The third kappa shape index (κ3) is 7.02. The maximum absolute atomic E-state index is 13.5. The second-order valence-electron chi connectivity index (χ2n) is 10.4. The zero-order valence-electron chi connectivity index (χ0n) is 23.1. The Labute approximate surface area is 235 Å². The van der Waals surface area contributed by atoms with Crippen molar-refractivity contribution in [3.05, 3.63) is 72.2 Å². The number of hydrogen-bond acceptors (Lipinski definition) is 6. The lowest BCUT2D eigenvalue weighted by atomic mass is 10.1. The summed E-state index contributed by atoms with van der Waals surface area (Å²) in [5.41, 5.74) is 10.6. The number of urea groups is 1. The number of amides is 2. The predicted molar refractivity (Wildman–Crippen MR) is 158 cm³/mol. The fourth-order valence-corrected chi connectivity index (χ4v) is 5.33. The number of aromatic nitrogens is 3. The first-order valence-corrected chi connectivity index (χ1v) is 14.1. The van der Waals surface area contributed by atoms with Crippen molar-refractivity contribution in [2.75, 3.05) is 30.9 Å². The number of aryl methyl sites for hydroxylation is 1. The molecule has 1 saturated carbocycles. The molecule has 0 bridgehead atoms. The number of anilines is 2. The standard InChI is InChI=1S/C31H38N6O3/c1-39-29-18-25(10-12-28(29)40-15-5-4-6-22-13-14-33-30(32)17-22)37(20-23-7-2-3-8-23)31(38)34-19-24-9-11-26-27(16-24)36-21-35-26/h9-14,16-18,21,23H,2-8,15,19-20H2,1H3,(H2,32,33)(H,34,38)(H,35,36). The van der Waals surface area contributed by atoms with Crippen molar-refractivity contribution in [3.63, 3.8) is 0 Å². The van der Waals surface area contributed by atoms with Crippen molar-refractivity contribution in [2.45, 2.75) is 51.5 Å². The number of nitrogens with one attached hydrogen (secondary N) is 2. The van der Waals surface area contributed by atoms with Crippen LogP contribution in [0.25, 0.3) is 11.0 Å². The van der Waals surface area contributed by atoms with Gasteiger partial charge in [0.2, 0.25) is 0 Å². The Morgan fingerprint density at radius 2 is 1.93 bits per heavy atom. The number of rotatable bonds is 12. The summed E-state index contributed by atoms with van der Waals surface area (Å²) in [5.74, 6) is 2.33. The second-order valence-corrected chi connectivity index (χ2v) is 10.4. The number of nitrogens with zero attached hydrogens (tertiary/aromatic N) is 3. The van der Waals surface area contributed by atoms with E-state index in [0.717, 1.165) is 54.4 Å². The first-order valence-electron chi connectivity index (χ1n) is 14.1. The Balaban J connectivity index is 1.21. The first kappa shape index (κ1) is 27.3. The van der Waals surface area contributed by atoms with Crippen LogP contribution in [0.1, 0.15) is 49.7 Å². The van der Waals surface area contributed by atoms with Gasteiger partial charge in [-0.1, -0.05) is 18.9 Å². The minimum Gasteiger partial charge on any atom is -0.493 e. The molecule has 2 aromatic carbocycles. The van der Waals surface area contributed by atoms with Gasteiger partial charge >= 0.3 is 6.03 Å². The summed E-state index contributed by atoms with van der Waals surface area (Å²) >= 11 is 0. The van der Waals surface area contributed by atoms with Crippen LogP contribution >= 0.6 is 0 Å². The molecule has 0 atom stereocenters. The molecule has 4 aromatic rings. The minimum absolute atomic E-state index is 0.121. The highest BCUT2D eigenvalue weighted by molar-refractivity contribution is 5.92. The van der Waals surface area contributed by atoms with Crippen molar-refractivity contribution in [1.29, 1.82) is 0 Å². The van der Waals surface area contributed by atoms with Crippen molar-refractivity contribution in [3.8, 4) is 11.5 Å². The number of hydrogen-bond donors (Lipinski definition) is 3. The highest BCUT2D eigenvalue weighted by Crippen LogP contribution is 2.34. The van der Waals surface area contributed by atoms with Gasteiger partial charge in [-0.25, -0.2) is 14.8 Å². The molecule has 0 saturated heterocycles. The van der Waals surface area contributed by atoms with Crippen LogP contribution in [0.2, 0.25) is 0 Å². The summed E-state index contributed by atoms with van der Waals surface area (Å²) in [6, 6.07) is 15.5. The smallest absolute Gasteiger partial charge is 0.322 e. The van der Waals surface area contributed by atoms with Gasteiger partial charge in [-0.05, 0) is 85.5 Å². The number of imidazole rings is 1. The summed E-state index contributed by atoms with van der Waals surface area (Å²) in [5, 5.41) is 3.11. The van der Waals surface area contributed by atoms with Crippen LogP contribution in [-0.2, 0) is 13.0 Å². The number of pyridine rings is 1. The number of fused-ring (bicyclic) bond motifs is 1. The fraction of sp³-hybridized carbons (Fsp3) is 0.387. The normalized spacial score (nSPS) is 13.4. The predicted octanol–water partition coefficient (Wildman–Crippen LogP) is 5.86. The molecule has 9 nitrogen and oxygen atoms in total. The zero-order valence-corrected chi connectivity index (χ0v) is 23.1. The Bertz CT molecular complexity index is 1420. The Kier molecular flexibility index (Phi) is 9.00. The number of aromatic amines is 1. The van der Waals surface area contributed by atoms with E-state index in [1.165, 1.54) is 18.4 Å². The minimum atomic E-state index is -0.121. The van der Waals surface area contributed by atoms with E-state index in [9.17, 15) is 4.79 Å². The average molecular weight is 543 g/mol. The van der Waals surface area contributed by atoms with Gasteiger partial charge in [-0.3, -0.25) is 4.90 Å². The summed E-state index contributed by atoms with van der Waals surface area (Å²) in [4.78, 5) is 26.8. The highest BCUT2D eigenvalue weighted by atomic mass is 16.5. The highest BCUT2D eigenvalue weighted by Gasteiger charge is 2.24. The summed E-state index contributed by atoms with van der Waals surface area (Å²) < 4.78 is 11.7. The molecule has 5 rings (SSSR count). The molecule has 2 aromatic heterocycles. The fourth-order valence-electron chi connectivity index (χ4n) is 5.33. The zero-order chi connectivity index (χ0) is 27.7.